The Labute approximate surface area is 135 Å². The zero-order valence-electron chi connectivity index (χ0n) is 13.8. The number of hydrogen-bond donors (Lipinski definition) is 0. The topological polar surface area (TPSA) is 67.2 Å². The molecule has 3 rings (SSSR count). The zero-order valence-corrected chi connectivity index (χ0v) is 13.8. The van der Waals surface area contributed by atoms with E-state index in [0.29, 0.717) is 12.2 Å². The van der Waals surface area contributed by atoms with E-state index in [1.807, 2.05) is 54.0 Å². The predicted octanol–water partition coefficient (Wildman–Crippen LogP) is 1.52. The molecule has 1 amide bonds. The summed E-state index contributed by atoms with van der Waals surface area (Å²) in [5, 5.41) is 12.5. The molecule has 7 nitrogen and oxygen atoms in total. The van der Waals surface area contributed by atoms with Crippen LogP contribution in [-0.4, -0.2) is 58.0 Å². The maximum atomic E-state index is 12.6. The van der Waals surface area contributed by atoms with Crippen molar-refractivity contribution in [3.05, 3.63) is 35.8 Å². The average molecular weight is 314 g/mol. The van der Waals surface area contributed by atoms with Gasteiger partial charge in [-0.15, -0.1) is 10.2 Å². The third-order valence-corrected chi connectivity index (χ3v) is 4.12. The highest BCUT2D eigenvalue weighted by Gasteiger charge is 2.26. The van der Waals surface area contributed by atoms with Crippen LogP contribution in [0.2, 0.25) is 0 Å². The van der Waals surface area contributed by atoms with Crippen LogP contribution in [0.5, 0.6) is 0 Å². The van der Waals surface area contributed by atoms with E-state index < -0.39 is 0 Å². The van der Waals surface area contributed by atoms with Gasteiger partial charge in [0.2, 0.25) is 0 Å². The van der Waals surface area contributed by atoms with E-state index in [9.17, 15) is 4.79 Å². The third kappa shape index (κ3) is 3.33. The standard InChI is InChI=1S/C16H22N6O/c1-12-9-17-22(10-12)13-5-4-8-21(11-13)16(23)14-6-7-15(19-18-14)20(2)3/h6-7,9-10,13H,4-5,8,11H2,1-3H3/t13-/m0/s1. The first-order valence-electron chi connectivity index (χ1n) is 7.85. The number of aromatic nitrogens is 4. The molecule has 0 aliphatic carbocycles. The molecule has 0 spiro atoms. The van der Waals surface area contributed by atoms with Crippen molar-refractivity contribution in [2.75, 3.05) is 32.1 Å². The molecule has 1 atom stereocenters. The van der Waals surface area contributed by atoms with Gasteiger partial charge in [0.25, 0.3) is 5.91 Å². The molecule has 0 aromatic carbocycles. The summed E-state index contributed by atoms with van der Waals surface area (Å²) in [5.74, 6) is 0.682. The highest BCUT2D eigenvalue weighted by Crippen LogP contribution is 2.22. The van der Waals surface area contributed by atoms with E-state index in [2.05, 4.69) is 15.3 Å². The third-order valence-electron chi connectivity index (χ3n) is 4.12. The Bertz CT molecular complexity index is 678. The maximum absolute atomic E-state index is 12.6. The molecular weight excluding hydrogens is 292 g/mol. The van der Waals surface area contributed by atoms with Gasteiger partial charge in [0.1, 0.15) is 0 Å². The van der Waals surface area contributed by atoms with Gasteiger partial charge in [0.05, 0.1) is 12.2 Å². The van der Waals surface area contributed by atoms with E-state index in [0.717, 1.165) is 30.8 Å². The molecule has 0 saturated carbocycles. The van der Waals surface area contributed by atoms with Crippen molar-refractivity contribution in [2.24, 2.45) is 0 Å². The molecule has 23 heavy (non-hydrogen) atoms. The van der Waals surface area contributed by atoms with E-state index >= 15 is 0 Å². The van der Waals surface area contributed by atoms with E-state index in [1.165, 1.54) is 0 Å². The first-order valence-corrected chi connectivity index (χ1v) is 7.85. The number of nitrogens with zero attached hydrogens (tertiary/aromatic N) is 6. The molecule has 1 saturated heterocycles. The molecule has 1 aliphatic rings. The highest BCUT2D eigenvalue weighted by molar-refractivity contribution is 5.92. The molecule has 1 aliphatic heterocycles. The Morgan fingerprint density at radius 2 is 2.13 bits per heavy atom. The summed E-state index contributed by atoms with van der Waals surface area (Å²) in [6.07, 6.45) is 5.89. The fourth-order valence-corrected chi connectivity index (χ4v) is 2.83. The highest BCUT2D eigenvalue weighted by atomic mass is 16.2. The van der Waals surface area contributed by atoms with Crippen LogP contribution in [0.1, 0.15) is 34.9 Å². The van der Waals surface area contributed by atoms with Gasteiger partial charge in [-0.05, 0) is 37.5 Å². The van der Waals surface area contributed by atoms with Gasteiger partial charge in [0, 0.05) is 33.4 Å². The Balaban J connectivity index is 1.71. The minimum Gasteiger partial charge on any atom is -0.361 e. The quantitative estimate of drug-likeness (QED) is 0.859. The lowest BCUT2D eigenvalue weighted by molar-refractivity contribution is 0.0666. The summed E-state index contributed by atoms with van der Waals surface area (Å²) in [4.78, 5) is 16.4. The van der Waals surface area contributed by atoms with Gasteiger partial charge < -0.3 is 9.80 Å². The van der Waals surface area contributed by atoms with Gasteiger partial charge in [-0.3, -0.25) is 9.48 Å². The second-order valence-corrected chi connectivity index (χ2v) is 6.22. The summed E-state index contributed by atoms with van der Waals surface area (Å²) in [5.41, 5.74) is 1.53. The number of likely N-dealkylation sites (tertiary alicyclic amines) is 1. The van der Waals surface area contributed by atoms with Crippen LogP contribution in [-0.2, 0) is 0 Å². The van der Waals surface area contributed by atoms with E-state index in [-0.39, 0.29) is 11.9 Å². The molecule has 7 heteroatoms. The number of amides is 1. The molecule has 2 aromatic rings. The lowest BCUT2D eigenvalue weighted by Crippen LogP contribution is -2.41. The molecule has 0 radical (unpaired) electrons. The van der Waals surface area contributed by atoms with Crippen molar-refractivity contribution in [1.82, 2.24) is 24.9 Å². The molecule has 122 valence electrons. The minimum atomic E-state index is -0.0589. The van der Waals surface area contributed by atoms with Crippen molar-refractivity contribution >= 4 is 11.7 Å². The van der Waals surface area contributed by atoms with Gasteiger partial charge in [-0.25, -0.2) is 0 Å². The normalized spacial score (nSPS) is 18.0. The summed E-state index contributed by atoms with van der Waals surface area (Å²) < 4.78 is 1.97. The summed E-state index contributed by atoms with van der Waals surface area (Å²) in [6, 6.07) is 3.79. The van der Waals surface area contributed by atoms with Crippen molar-refractivity contribution in [3.8, 4) is 0 Å². The monoisotopic (exact) mass is 314 g/mol. The van der Waals surface area contributed by atoms with Crippen molar-refractivity contribution in [1.29, 1.82) is 0 Å². The summed E-state index contributed by atoms with van der Waals surface area (Å²) >= 11 is 0. The number of piperidine rings is 1. The number of rotatable bonds is 3. The van der Waals surface area contributed by atoms with Gasteiger partial charge in [-0.2, -0.15) is 5.10 Å². The Morgan fingerprint density at radius 3 is 2.74 bits per heavy atom. The predicted molar refractivity (Wildman–Crippen MR) is 87.5 cm³/mol. The van der Waals surface area contributed by atoms with Crippen LogP contribution in [0.15, 0.2) is 24.5 Å². The van der Waals surface area contributed by atoms with Crippen LogP contribution >= 0.6 is 0 Å². The smallest absolute Gasteiger partial charge is 0.274 e. The lowest BCUT2D eigenvalue weighted by Gasteiger charge is -2.32. The molecular formula is C16H22N6O. The van der Waals surface area contributed by atoms with Crippen LogP contribution in [0.4, 0.5) is 5.82 Å². The first-order chi connectivity index (χ1) is 11.0. The molecule has 1 fully saturated rings. The number of anilines is 1. The Morgan fingerprint density at radius 1 is 1.30 bits per heavy atom. The van der Waals surface area contributed by atoms with E-state index in [1.54, 1.807) is 6.07 Å². The molecule has 0 unspecified atom stereocenters. The minimum absolute atomic E-state index is 0.0589. The lowest BCUT2D eigenvalue weighted by atomic mass is 10.1. The second-order valence-electron chi connectivity index (χ2n) is 6.22. The summed E-state index contributed by atoms with van der Waals surface area (Å²) in [7, 11) is 3.79. The van der Waals surface area contributed by atoms with Crippen LogP contribution in [0.25, 0.3) is 0 Å². The Kier molecular flexibility index (Phi) is 4.27. The number of aryl methyl sites for hydroxylation is 1. The number of hydrogen-bond acceptors (Lipinski definition) is 5. The average Bonchev–Trinajstić information content (AvgIpc) is 3.01. The Hall–Kier alpha value is -2.44. The van der Waals surface area contributed by atoms with Crippen LogP contribution < -0.4 is 4.90 Å². The molecule has 3 heterocycles. The maximum Gasteiger partial charge on any atom is 0.274 e. The fraction of sp³-hybridized carbons (Fsp3) is 0.500. The molecule has 0 N–H and O–H groups in total. The van der Waals surface area contributed by atoms with Gasteiger partial charge in [-0.1, -0.05) is 0 Å². The fourth-order valence-electron chi connectivity index (χ4n) is 2.83. The summed E-state index contributed by atoms with van der Waals surface area (Å²) in [6.45, 7) is 3.45. The van der Waals surface area contributed by atoms with Crippen molar-refractivity contribution in [2.45, 2.75) is 25.8 Å². The van der Waals surface area contributed by atoms with Gasteiger partial charge in [0.15, 0.2) is 11.5 Å². The number of carbonyl (C=O) groups excluding carboxylic acids is 1. The second kappa shape index (κ2) is 6.36. The number of carbonyl (C=O) groups is 1. The molecule has 0 bridgehead atoms. The SMILES string of the molecule is Cc1cnn([C@H]2CCCN(C(=O)c3ccc(N(C)C)nn3)C2)c1. The van der Waals surface area contributed by atoms with Crippen molar-refractivity contribution < 1.29 is 4.79 Å². The van der Waals surface area contributed by atoms with Gasteiger partial charge >= 0.3 is 0 Å². The zero-order chi connectivity index (χ0) is 16.4. The largest absolute Gasteiger partial charge is 0.361 e. The van der Waals surface area contributed by atoms with Crippen molar-refractivity contribution in [3.63, 3.8) is 0 Å². The molecule has 2 aromatic heterocycles. The van der Waals surface area contributed by atoms with Crippen LogP contribution in [0.3, 0.4) is 0 Å². The first kappa shape index (κ1) is 15.5. The van der Waals surface area contributed by atoms with E-state index in [4.69, 9.17) is 0 Å². The van der Waals surface area contributed by atoms with Crippen LogP contribution in [0, 0.1) is 6.92 Å².